The summed E-state index contributed by atoms with van der Waals surface area (Å²) in [4.78, 5) is 19.4. The summed E-state index contributed by atoms with van der Waals surface area (Å²) in [6.07, 6.45) is 2.16. The monoisotopic (exact) mass is 413 g/mol. The first-order valence-electron chi connectivity index (χ1n) is 9.73. The van der Waals surface area contributed by atoms with Crippen molar-refractivity contribution in [1.82, 2.24) is 10.3 Å². The summed E-state index contributed by atoms with van der Waals surface area (Å²) in [5.41, 5.74) is 2.24. The number of aryl methyl sites for hydroxylation is 1. The molecule has 1 N–H and O–H groups in total. The number of hydrogen-bond acceptors (Lipinski definition) is 5. The number of carbonyl (C=O) groups excluding carboxylic acids is 1. The predicted molar refractivity (Wildman–Crippen MR) is 114 cm³/mol. The SMILES string of the molecule is Cc1c(C(=O)NCc2ccc(N3CC(C)OC(C)C3)nc2)oc2c(Cl)cccc12. The third-order valence-corrected chi connectivity index (χ3v) is 5.43. The number of furan rings is 1. The number of carbonyl (C=O) groups is 1. The number of anilines is 1. The van der Waals surface area contributed by atoms with Crippen molar-refractivity contribution in [3.63, 3.8) is 0 Å². The highest BCUT2D eigenvalue weighted by Gasteiger charge is 2.23. The lowest BCUT2D eigenvalue weighted by atomic mass is 10.1. The summed E-state index contributed by atoms with van der Waals surface area (Å²) in [6.45, 7) is 8.01. The zero-order valence-electron chi connectivity index (χ0n) is 16.7. The molecule has 0 aliphatic carbocycles. The van der Waals surface area contributed by atoms with Crippen molar-refractivity contribution >= 4 is 34.3 Å². The lowest BCUT2D eigenvalue weighted by molar-refractivity contribution is -0.00546. The number of nitrogens with zero attached hydrogens (tertiary/aromatic N) is 2. The van der Waals surface area contributed by atoms with E-state index >= 15 is 0 Å². The maximum atomic E-state index is 12.6. The lowest BCUT2D eigenvalue weighted by Gasteiger charge is -2.36. The van der Waals surface area contributed by atoms with E-state index in [9.17, 15) is 4.79 Å². The highest BCUT2D eigenvalue weighted by molar-refractivity contribution is 6.35. The summed E-state index contributed by atoms with van der Waals surface area (Å²) >= 11 is 6.17. The molecule has 0 radical (unpaired) electrons. The Morgan fingerprint density at radius 3 is 2.66 bits per heavy atom. The van der Waals surface area contributed by atoms with E-state index in [2.05, 4.69) is 29.0 Å². The second-order valence-corrected chi connectivity index (χ2v) is 7.95. The minimum Gasteiger partial charge on any atom is -0.449 e. The van der Waals surface area contributed by atoms with Gasteiger partial charge in [-0.1, -0.05) is 29.8 Å². The summed E-state index contributed by atoms with van der Waals surface area (Å²) < 4.78 is 11.5. The molecule has 7 heteroatoms. The number of para-hydroxylation sites is 1. The van der Waals surface area contributed by atoms with Gasteiger partial charge < -0.3 is 19.4 Å². The molecule has 0 bridgehead atoms. The number of halogens is 1. The minimum atomic E-state index is -0.269. The molecule has 6 nitrogen and oxygen atoms in total. The predicted octanol–water partition coefficient (Wildman–Crippen LogP) is 4.33. The van der Waals surface area contributed by atoms with Gasteiger partial charge in [0.15, 0.2) is 11.3 Å². The van der Waals surface area contributed by atoms with E-state index in [4.69, 9.17) is 20.8 Å². The van der Waals surface area contributed by atoms with Gasteiger partial charge in [0.1, 0.15) is 5.82 Å². The number of amides is 1. The van der Waals surface area contributed by atoms with E-state index in [0.29, 0.717) is 17.2 Å². The van der Waals surface area contributed by atoms with E-state index in [1.54, 1.807) is 12.3 Å². The second kappa shape index (κ2) is 8.05. The number of ether oxygens (including phenoxy) is 1. The molecule has 0 spiro atoms. The Hall–Kier alpha value is -2.57. The summed E-state index contributed by atoms with van der Waals surface area (Å²) in [6, 6.07) is 9.46. The highest BCUT2D eigenvalue weighted by Crippen LogP contribution is 2.30. The third-order valence-electron chi connectivity index (χ3n) is 5.13. The Morgan fingerprint density at radius 2 is 2.00 bits per heavy atom. The molecule has 2 unspecified atom stereocenters. The van der Waals surface area contributed by atoms with Crippen molar-refractivity contribution in [3.05, 3.63) is 58.4 Å². The van der Waals surface area contributed by atoms with E-state index in [1.807, 2.05) is 31.2 Å². The molecule has 2 atom stereocenters. The van der Waals surface area contributed by atoms with Crippen molar-refractivity contribution in [3.8, 4) is 0 Å². The van der Waals surface area contributed by atoms with E-state index in [-0.39, 0.29) is 23.9 Å². The number of rotatable bonds is 4. The molecule has 3 aromatic rings. The van der Waals surface area contributed by atoms with Gasteiger partial charge in [-0.05, 0) is 38.5 Å². The Labute approximate surface area is 174 Å². The largest absolute Gasteiger partial charge is 0.449 e. The van der Waals surface area contributed by atoms with Crippen LogP contribution >= 0.6 is 11.6 Å². The van der Waals surface area contributed by atoms with E-state index < -0.39 is 0 Å². The van der Waals surface area contributed by atoms with Gasteiger partial charge in [0.25, 0.3) is 5.91 Å². The number of fused-ring (bicyclic) bond motifs is 1. The van der Waals surface area contributed by atoms with Crippen LogP contribution in [0.3, 0.4) is 0 Å². The summed E-state index contributed by atoms with van der Waals surface area (Å²) in [5, 5.41) is 4.25. The van der Waals surface area contributed by atoms with Gasteiger partial charge in [-0.15, -0.1) is 0 Å². The molecule has 2 aromatic heterocycles. The van der Waals surface area contributed by atoms with Crippen LogP contribution in [-0.2, 0) is 11.3 Å². The topological polar surface area (TPSA) is 67.6 Å². The first-order valence-corrected chi connectivity index (χ1v) is 10.1. The van der Waals surface area contributed by atoms with Gasteiger partial charge in [-0.2, -0.15) is 0 Å². The van der Waals surface area contributed by atoms with Crippen LogP contribution in [-0.4, -0.2) is 36.2 Å². The molecule has 152 valence electrons. The van der Waals surface area contributed by atoms with Gasteiger partial charge in [0.2, 0.25) is 0 Å². The number of morpholine rings is 1. The molecule has 29 heavy (non-hydrogen) atoms. The molecule has 1 fully saturated rings. The highest BCUT2D eigenvalue weighted by atomic mass is 35.5. The Bertz CT molecular complexity index is 1020. The summed E-state index contributed by atoms with van der Waals surface area (Å²) in [5.74, 6) is 0.938. The molecule has 1 saturated heterocycles. The van der Waals surface area contributed by atoms with Crippen LogP contribution in [0.5, 0.6) is 0 Å². The standard InChI is InChI=1S/C22H24ClN3O3/c1-13-11-26(12-14(2)28-13)19-8-7-16(9-24-19)10-25-22(27)20-15(3)17-5-4-6-18(23)21(17)29-20/h4-9,13-14H,10-12H2,1-3H3,(H,25,27). The molecule has 3 heterocycles. The van der Waals surface area contributed by atoms with E-state index in [1.165, 1.54) is 0 Å². The normalized spacial score (nSPS) is 19.5. The molecular weight excluding hydrogens is 390 g/mol. The first kappa shape index (κ1) is 19.7. The molecular formula is C22H24ClN3O3. The smallest absolute Gasteiger partial charge is 0.287 e. The molecule has 0 saturated carbocycles. The quantitative estimate of drug-likeness (QED) is 0.689. The van der Waals surface area contributed by atoms with Crippen LogP contribution in [0, 0.1) is 6.92 Å². The third kappa shape index (κ3) is 4.09. The fourth-order valence-corrected chi connectivity index (χ4v) is 3.97. The van der Waals surface area contributed by atoms with Crippen LogP contribution in [0.2, 0.25) is 5.02 Å². The first-order chi connectivity index (χ1) is 13.9. The molecule has 4 rings (SSSR count). The van der Waals surface area contributed by atoms with Crippen LogP contribution in [0.25, 0.3) is 11.0 Å². The van der Waals surface area contributed by atoms with Crippen molar-refractivity contribution < 1.29 is 13.9 Å². The van der Waals surface area contributed by atoms with Crippen molar-refractivity contribution in [2.45, 2.75) is 39.5 Å². The van der Waals surface area contributed by atoms with E-state index in [0.717, 1.165) is 35.4 Å². The number of pyridine rings is 1. The maximum Gasteiger partial charge on any atom is 0.287 e. The van der Waals surface area contributed by atoms with Gasteiger partial charge in [-0.3, -0.25) is 4.79 Å². The molecule has 1 amide bonds. The number of benzene rings is 1. The van der Waals surface area contributed by atoms with Gasteiger partial charge in [0, 0.05) is 36.8 Å². The van der Waals surface area contributed by atoms with Gasteiger partial charge in [-0.25, -0.2) is 4.98 Å². The molecule has 1 aliphatic rings. The fourth-order valence-electron chi connectivity index (χ4n) is 3.76. The maximum absolute atomic E-state index is 12.6. The lowest BCUT2D eigenvalue weighted by Crippen LogP contribution is -2.45. The van der Waals surface area contributed by atoms with Gasteiger partial charge in [0.05, 0.1) is 17.2 Å². The average molecular weight is 414 g/mol. The number of hydrogen-bond donors (Lipinski definition) is 1. The fraction of sp³-hybridized carbons (Fsp3) is 0.364. The van der Waals surface area contributed by atoms with Crippen molar-refractivity contribution in [1.29, 1.82) is 0 Å². The molecule has 1 aromatic carbocycles. The van der Waals surface area contributed by atoms with Crippen LogP contribution in [0.1, 0.15) is 35.5 Å². The minimum absolute atomic E-state index is 0.181. The van der Waals surface area contributed by atoms with Gasteiger partial charge >= 0.3 is 0 Å². The Balaban J connectivity index is 1.42. The Morgan fingerprint density at radius 1 is 1.24 bits per heavy atom. The molecule has 1 aliphatic heterocycles. The number of aromatic nitrogens is 1. The summed E-state index contributed by atoms with van der Waals surface area (Å²) in [7, 11) is 0. The van der Waals surface area contributed by atoms with Crippen LogP contribution in [0.15, 0.2) is 40.9 Å². The average Bonchev–Trinajstić information content (AvgIpc) is 3.04. The zero-order valence-corrected chi connectivity index (χ0v) is 17.5. The van der Waals surface area contributed by atoms with Crippen molar-refractivity contribution in [2.75, 3.05) is 18.0 Å². The number of nitrogens with one attached hydrogen (secondary N) is 1. The van der Waals surface area contributed by atoms with Crippen molar-refractivity contribution in [2.24, 2.45) is 0 Å². The second-order valence-electron chi connectivity index (χ2n) is 7.54. The van der Waals surface area contributed by atoms with Crippen LogP contribution in [0.4, 0.5) is 5.82 Å². The zero-order chi connectivity index (χ0) is 20.5. The Kier molecular flexibility index (Phi) is 5.48. The van der Waals surface area contributed by atoms with Crippen LogP contribution < -0.4 is 10.2 Å².